The highest BCUT2D eigenvalue weighted by molar-refractivity contribution is 8.15. The molecule has 0 saturated carbocycles. The number of anilines is 1. The number of para-hydroxylation sites is 1. The molecule has 7 heteroatoms. The van der Waals surface area contributed by atoms with Crippen molar-refractivity contribution in [2.24, 2.45) is 4.99 Å². The first-order valence-corrected chi connectivity index (χ1v) is 8.57. The Morgan fingerprint density at radius 1 is 1.20 bits per heavy atom. The SMILES string of the molecule is COc1ccc(NC(=O)C[C@H]2SC(=Nc3ccccc3)NC2=O)cc1. The van der Waals surface area contributed by atoms with E-state index in [1.807, 2.05) is 30.3 Å². The Morgan fingerprint density at radius 2 is 1.92 bits per heavy atom. The maximum absolute atomic E-state index is 12.2. The lowest BCUT2D eigenvalue weighted by Crippen LogP contribution is -2.28. The molecule has 1 aliphatic rings. The van der Waals surface area contributed by atoms with Crippen LogP contribution in [-0.2, 0) is 9.59 Å². The molecular weight excluding hydrogens is 338 g/mol. The van der Waals surface area contributed by atoms with Gasteiger partial charge in [-0.3, -0.25) is 9.59 Å². The molecule has 0 radical (unpaired) electrons. The van der Waals surface area contributed by atoms with E-state index in [4.69, 9.17) is 4.74 Å². The van der Waals surface area contributed by atoms with Gasteiger partial charge in [-0.15, -0.1) is 0 Å². The number of aliphatic imine (C=N–C) groups is 1. The van der Waals surface area contributed by atoms with Crippen molar-refractivity contribution >= 4 is 40.1 Å². The van der Waals surface area contributed by atoms with Crippen LogP contribution in [-0.4, -0.2) is 29.3 Å². The van der Waals surface area contributed by atoms with Gasteiger partial charge in [-0.2, -0.15) is 0 Å². The molecule has 2 aromatic carbocycles. The van der Waals surface area contributed by atoms with E-state index in [0.717, 1.165) is 5.69 Å². The van der Waals surface area contributed by atoms with Gasteiger partial charge in [0.2, 0.25) is 11.8 Å². The number of ether oxygens (including phenoxy) is 1. The summed E-state index contributed by atoms with van der Waals surface area (Å²) in [4.78, 5) is 28.6. The van der Waals surface area contributed by atoms with Gasteiger partial charge in [-0.1, -0.05) is 30.0 Å². The van der Waals surface area contributed by atoms with Crippen molar-refractivity contribution < 1.29 is 14.3 Å². The average molecular weight is 355 g/mol. The van der Waals surface area contributed by atoms with E-state index in [-0.39, 0.29) is 18.2 Å². The number of methoxy groups -OCH3 is 1. The predicted molar refractivity (Wildman–Crippen MR) is 99.3 cm³/mol. The van der Waals surface area contributed by atoms with Gasteiger partial charge in [-0.05, 0) is 36.4 Å². The molecule has 0 unspecified atom stereocenters. The second-order valence-electron chi connectivity index (χ2n) is 5.33. The fourth-order valence-electron chi connectivity index (χ4n) is 2.27. The summed E-state index contributed by atoms with van der Waals surface area (Å²) in [6, 6.07) is 16.4. The topological polar surface area (TPSA) is 79.8 Å². The Kier molecular flexibility index (Phi) is 5.35. The number of hydrogen-bond acceptors (Lipinski definition) is 5. The van der Waals surface area contributed by atoms with Crippen LogP contribution in [0.1, 0.15) is 6.42 Å². The lowest BCUT2D eigenvalue weighted by Gasteiger charge is -2.08. The van der Waals surface area contributed by atoms with Crippen molar-refractivity contribution in [1.82, 2.24) is 5.32 Å². The molecule has 1 aliphatic heterocycles. The zero-order valence-electron chi connectivity index (χ0n) is 13.6. The van der Waals surface area contributed by atoms with Crippen molar-refractivity contribution in [2.45, 2.75) is 11.7 Å². The Balaban J connectivity index is 1.58. The number of carbonyl (C=O) groups excluding carboxylic acids is 2. The molecule has 25 heavy (non-hydrogen) atoms. The Hall–Kier alpha value is -2.80. The summed E-state index contributed by atoms with van der Waals surface area (Å²) in [6.07, 6.45) is 0.0797. The molecule has 1 heterocycles. The average Bonchev–Trinajstić information content (AvgIpc) is 2.95. The summed E-state index contributed by atoms with van der Waals surface area (Å²) in [5.41, 5.74) is 1.42. The lowest BCUT2D eigenvalue weighted by atomic mass is 10.2. The van der Waals surface area contributed by atoms with Gasteiger partial charge in [0.1, 0.15) is 11.0 Å². The largest absolute Gasteiger partial charge is 0.497 e. The number of carbonyl (C=O) groups is 2. The highest BCUT2D eigenvalue weighted by atomic mass is 32.2. The maximum atomic E-state index is 12.2. The van der Waals surface area contributed by atoms with Gasteiger partial charge in [0.15, 0.2) is 5.17 Å². The minimum Gasteiger partial charge on any atom is -0.497 e. The third-order valence-corrected chi connectivity index (χ3v) is 4.59. The molecule has 6 nitrogen and oxygen atoms in total. The normalized spacial score (nSPS) is 18.0. The van der Waals surface area contributed by atoms with E-state index in [1.165, 1.54) is 11.8 Å². The highest BCUT2D eigenvalue weighted by Gasteiger charge is 2.32. The lowest BCUT2D eigenvalue weighted by molar-refractivity contribution is -0.122. The Labute approximate surface area is 149 Å². The number of thioether (sulfide) groups is 1. The van der Waals surface area contributed by atoms with Crippen LogP contribution in [0, 0.1) is 0 Å². The van der Waals surface area contributed by atoms with Gasteiger partial charge in [-0.25, -0.2) is 4.99 Å². The maximum Gasteiger partial charge on any atom is 0.240 e. The number of amides is 2. The number of nitrogens with zero attached hydrogens (tertiary/aromatic N) is 1. The summed E-state index contributed by atoms with van der Waals surface area (Å²) in [5.74, 6) is 0.286. The van der Waals surface area contributed by atoms with E-state index in [2.05, 4.69) is 15.6 Å². The van der Waals surface area contributed by atoms with Gasteiger partial charge >= 0.3 is 0 Å². The van der Waals surface area contributed by atoms with Crippen molar-refractivity contribution in [1.29, 1.82) is 0 Å². The van der Waals surface area contributed by atoms with E-state index in [0.29, 0.717) is 16.6 Å². The second kappa shape index (κ2) is 7.85. The minimum absolute atomic E-state index is 0.0797. The molecule has 0 aliphatic carbocycles. The van der Waals surface area contributed by atoms with Crippen LogP contribution >= 0.6 is 11.8 Å². The second-order valence-corrected chi connectivity index (χ2v) is 6.52. The van der Waals surface area contributed by atoms with Crippen molar-refractivity contribution in [3.63, 3.8) is 0 Å². The zero-order valence-corrected chi connectivity index (χ0v) is 14.4. The monoisotopic (exact) mass is 355 g/mol. The molecular formula is C18H17N3O3S. The van der Waals surface area contributed by atoms with Crippen molar-refractivity contribution in [3.8, 4) is 5.75 Å². The first-order chi connectivity index (χ1) is 12.1. The number of benzene rings is 2. The van der Waals surface area contributed by atoms with Gasteiger partial charge in [0, 0.05) is 12.1 Å². The molecule has 0 bridgehead atoms. The number of hydrogen-bond donors (Lipinski definition) is 2. The standard InChI is InChI=1S/C18H17N3O3S/c1-24-14-9-7-13(8-10-14)19-16(22)11-15-17(23)21-18(25-15)20-12-5-3-2-4-6-12/h2-10,15H,11H2,1H3,(H,19,22)(H,20,21,23)/t15-/m1/s1. The zero-order chi connectivity index (χ0) is 17.6. The predicted octanol–water partition coefficient (Wildman–Crippen LogP) is 2.94. The summed E-state index contributed by atoms with van der Waals surface area (Å²) in [6.45, 7) is 0. The third-order valence-electron chi connectivity index (χ3n) is 3.51. The van der Waals surface area contributed by atoms with E-state index in [1.54, 1.807) is 31.4 Å². The fourth-order valence-corrected chi connectivity index (χ4v) is 3.25. The first kappa shape index (κ1) is 17.0. The summed E-state index contributed by atoms with van der Waals surface area (Å²) < 4.78 is 5.07. The number of rotatable bonds is 5. The molecule has 1 fully saturated rings. The van der Waals surface area contributed by atoms with Crippen LogP contribution in [0.3, 0.4) is 0 Å². The van der Waals surface area contributed by atoms with Crippen LogP contribution in [0.4, 0.5) is 11.4 Å². The molecule has 2 amide bonds. The minimum atomic E-state index is -0.485. The van der Waals surface area contributed by atoms with E-state index < -0.39 is 5.25 Å². The van der Waals surface area contributed by atoms with Crippen LogP contribution in [0.15, 0.2) is 59.6 Å². The smallest absolute Gasteiger partial charge is 0.240 e. The first-order valence-electron chi connectivity index (χ1n) is 7.69. The number of nitrogens with one attached hydrogen (secondary N) is 2. The molecule has 0 spiro atoms. The quantitative estimate of drug-likeness (QED) is 0.864. The Morgan fingerprint density at radius 3 is 2.60 bits per heavy atom. The van der Waals surface area contributed by atoms with Crippen LogP contribution in [0.5, 0.6) is 5.75 Å². The fraction of sp³-hybridized carbons (Fsp3) is 0.167. The van der Waals surface area contributed by atoms with Gasteiger partial charge in [0.05, 0.1) is 12.8 Å². The third kappa shape index (κ3) is 4.60. The van der Waals surface area contributed by atoms with Crippen molar-refractivity contribution in [2.75, 3.05) is 12.4 Å². The van der Waals surface area contributed by atoms with Gasteiger partial charge < -0.3 is 15.4 Å². The molecule has 128 valence electrons. The molecule has 1 atom stereocenters. The summed E-state index contributed by atoms with van der Waals surface area (Å²) in [5, 5.41) is 5.52. The molecule has 3 rings (SSSR count). The van der Waals surface area contributed by atoms with Gasteiger partial charge in [0.25, 0.3) is 0 Å². The van der Waals surface area contributed by atoms with E-state index in [9.17, 15) is 9.59 Å². The van der Waals surface area contributed by atoms with E-state index >= 15 is 0 Å². The summed E-state index contributed by atoms with van der Waals surface area (Å²) in [7, 11) is 1.58. The molecule has 0 aromatic heterocycles. The molecule has 1 saturated heterocycles. The molecule has 2 aromatic rings. The Bertz CT molecular complexity index is 791. The summed E-state index contributed by atoms with van der Waals surface area (Å²) >= 11 is 1.27. The highest BCUT2D eigenvalue weighted by Crippen LogP contribution is 2.25. The van der Waals surface area contributed by atoms with Crippen LogP contribution < -0.4 is 15.4 Å². The molecule has 2 N–H and O–H groups in total. The van der Waals surface area contributed by atoms with Crippen LogP contribution in [0.25, 0.3) is 0 Å². The van der Waals surface area contributed by atoms with Crippen LogP contribution in [0.2, 0.25) is 0 Å². The number of amidine groups is 1. The van der Waals surface area contributed by atoms with Crippen molar-refractivity contribution in [3.05, 3.63) is 54.6 Å².